The maximum atomic E-state index is 13.0. The topological polar surface area (TPSA) is 71.5 Å². The zero-order chi connectivity index (χ0) is 16.9. The van der Waals surface area contributed by atoms with Crippen LogP contribution < -0.4 is 10.1 Å². The second kappa shape index (κ2) is 7.71. The fourth-order valence-electron chi connectivity index (χ4n) is 2.26. The molecule has 0 aliphatic heterocycles. The predicted molar refractivity (Wildman–Crippen MR) is 81.4 cm³/mol. The summed E-state index contributed by atoms with van der Waals surface area (Å²) in [6, 6.07) is 2.88. The first-order valence-electron chi connectivity index (χ1n) is 6.71. The van der Waals surface area contributed by atoms with E-state index in [-0.39, 0.29) is 22.9 Å². The van der Waals surface area contributed by atoms with Gasteiger partial charge in [0, 0.05) is 0 Å². The summed E-state index contributed by atoms with van der Waals surface area (Å²) in [5.74, 6) is 0.151. The Hall–Kier alpha value is -1.44. The highest BCUT2D eigenvalue weighted by Crippen LogP contribution is 2.29. The van der Waals surface area contributed by atoms with Gasteiger partial charge in [0.1, 0.15) is 22.7 Å². The molecule has 0 aliphatic carbocycles. The standard InChI is InChI=1S/C14H19BrF2N2O3/c1-8(2)6-14(3,19-13(20)21)7-22-9-4-5-10(15)18-11(9)12(16)17/h4-5,8,12,19H,6-7H2,1-3H3,(H,20,21). The minimum Gasteiger partial charge on any atom is -0.489 e. The molecule has 1 aromatic rings. The third-order valence-corrected chi connectivity index (χ3v) is 3.31. The van der Waals surface area contributed by atoms with Gasteiger partial charge in [-0.25, -0.2) is 18.6 Å². The van der Waals surface area contributed by atoms with Crippen LogP contribution in [0.5, 0.6) is 5.75 Å². The fraction of sp³-hybridized carbons (Fsp3) is 0.571. The Labute approximate surface area is 136 Å². The van der Waals surface area contributed by atoms with Gasteiger partial charge in [0.15, 0.2) is 0 Å². The summed E-state index contributed by atoms with van der Waals surface area (Å²) in [7, 11) is 0. The monoisotopic (exact) mass is 380 g/mol. The lowest BCUT2D eigenvalue weighted by Gasteiger charge is -2.31. The second-order valence-electron chi connectivity index (χ2n) is 5.70. The van der Waals surface area contributed by atoms with Gasteiger partial charge < -0.3 is 15.2 Å². The minimum atomic E-state index is -2.78. The Balaban J connectivity index is 2.91. The van der Waals surface area contributed by atoms with Crippen LogP contribution in [0.2, 0.25) is 0 Å². The van der Waals surface area contributed by atoms with Gasteiger partial charge in [-0.05, 0) is 47.3 Å². The smallest absolute Gasteiger partial charge is 0.405 e. The number of hydrogen-bond acceptors (Lipinski definition) is 3. The van der Waals surface area contributed by atoms with Gasteiger partial charge in [-0.15, -0.1) is 0 Å². The van der Waals surface area contributed by atoms with Gasteiger partial charge in [0.25, 0.3) is 6.43 Å². The fourth-order valence-corrected chi connectivity index (χ4v) is 2.58. The van der Waals surface area contributed by atoms with E-state index in [4.69, 9.17) is 9.84 Å². The minimum absolute atomic E-state index is 0.0552. The van der Waals surface area contributed by atoms with Gasteiger partial charge in [-0.2, -0.15) is 0 Å². The normalized spacial score (nSPS) is 14.0. The van der Waals surface area contributed by atoms with Crippen LogP contribution in [0.3, 0.4) is 0 Å². The molecule has 124 valence electrons. The van der Waals surface area contributed by atoms with Gasteiger partial charge >= 0.3 is 6.09 Å². The third-order valence-electron chi connectivity index (χ3n) is 2.87. The summed E-state index contributed by atoms with van der Waals surface area (Å²) in [6.07, 6.45) is -3.46. The zero-order valence-corrected chi connectivity index (χ0v) is 14.2. The van der Waals surface area contributed by atoms with E-state index in [1.165, 1.54) is 12.1 Å². The number of nitrogens with one attached hydrogen (secondary N) is 1. The highest BCUT2D eigenvalue weighted by molar-refractivity contribution is 9.10. The summed E-state index contributed by atoms with van der Waals surface area (Å²) in [4.78, 5) is 14.6. The van der Waals surface area contributed by atoms with Gasteiger partial charge in [-0.1, -0.05) is 13.8 Å². The van der Waals surface area contributed by atoms with E-state index in [9.17, 15) is 13.6 Å². The van der Waals surface area contributed by atoms with Crippen LogP contribution in [0.4, 0.5) is 13.6 Å². The largest absolute Gasteiger partial charge is 0.489 e. The molecule has 22 heavy (non-hydrogen) atoms. The highest BCUT2D eigenvalue weighted by Gasteiger charge is 2.29. The van der Waals surface area contributed by atoms with Crippen molar-refractivity contribution in [1.82, 2.24) is 10.3 Å². The predicted octanol–water partition coefficient (Wildman–Crippen LogP) is 4.23. The van der Waals surface area contributed by atoms with Gasteiger partial charge in [-0.3, -0.25) is 0 Å². The SMILES string of the molecule is CC(C)CC(C)(COc1ccc(Br)nc1C(F)F)NC(=O)O. The number of hydrogen-bond donors (Lipinski definition) is 2. The number of amides is 1. The van der Waals surface area contributed by atoms with E-state index in [0.717, 1.165) is 0 Å². The molecular weight excluding hydrogens is 362 g/mol. The molecule has 2 N–H and O–H groups in total. The molecule has 0 saturated heterocycles. The molecule has 0 aromatic carbocycles. The Bertz CT molecular complexity index is 529. The van der Waals surface area contributed by atoms with Crippen LogP contribution in [0.25, 0.3) is 0 Å². The first-order chi connectivity index (χ1) is 10.1. The summed E-state index contributed by atoms with van der Waals surface area (Å²) in [5.41, 5.74) is -1.36. The van der Waals surface area contributed by atoms with Crippen molar-refractivity contribution in [2.45, 2.75) is 39.2 Å². The van der Waals surface area contributed by atoms with Crippen LogP contribution in [0, 0.1) is 5.92 Å². The van der Waals surface area contributed by atoms with E-state index in [2.05, 4.69) is 26.2 Å². The number of carboxylic acid groups (broad SMARTS) is 1. The average Bonchev–Trinajstić information content (AvgIpc) is 2.35. The lowest BCUT2D eigenvalue weighted by atomic mass is 9.91. The van der Waals surface area contributed by atoms with E-state index < -0.39 is 23.8 Å². The van der Waals surface area contributed by atoms with Crippen molar-refractivity contribution in [3.05, 3.63) is 22.4 Å². The van der Waals surface area contributed by atoms with Crippen molar-refractivity contribution in [1.29, 1.82) is 0 Å². The number of rotatable bonds is 7. The van der Waals surface area contributed by atoms with Crippen molar-refractivity contribution < 1.29 is 23.4 Å². The molecule has 0 radical (unpaired) electrons. The number of pyridine rings is 1. The van der Waals surface area contributed by atoms with Crippen LogP contribution in [-0.4, -0.2) is 28.3 Å². The lowest BCUT2D eigenvalue weighted by molar-refractivity contribution is 0.124. The van der Waals surface area contributed by atoms with Crippen molar-refractivity contribution in [2.24, 2.45) is 5.92 Å². The number of aromatic nitrogens is 1. The maximum Gasteiger partial charge on any atom is 0.405 e. The zero-order valence-electron chi connectivity index (χ0n) is 12.6. The van der Waals surface area contributed by atoms with Crippen LogP contribution in [0.15, 0.2) is 16.7 Å². The molecule has 1 rings (SSSR count). The Morgan fingerprint density at radius 3 is 2.64 bits per heavy atom. The molecule has 0 fully saturated rings. The quantitative estimate of drug-likeness (QED) is 0.694. The first kappa shape index (κ1) is 18.6. The highest BCUT2D eigenvalue weighted by atomic mass is 79.9. The van der Waals surface area contributed by atoms with Crippen LogP contribution in [0.1, 0.15) is 39.3 Å². The van der Waals surface area contributed by atoms with E-state index in [1.807, 2.05) is 13.8 Å². The molecule has 8 heteroatoms. The summed E-state index contributed by atoms with van der Waals surface area (Å²) < 4.78 is 31.7. The van der Waals surface area contributed by atoms with E-state index in [0.29, 0.717) is 6.42 Å². The number of ether oxygens (including phenoxy) is 1. The molecule has 0 bridgehead atoms. The summed E-state index contributed by atoms with van der Waals surface area (Å²) in [6.45, 7) is 5.48. The van der Waals surface area contributed by atoms with Crippen LogP contribution in [-0.2, 0) is 0 Å². The Morgan fingerprint density at radius 1 is 1.50 bits per heavy atom. The molecule has 5 nitrogen and oxygen atoms in total. The van der Waals surface area contributed by atoms with Crippen molar-refractivity contribution >= 4 is 22.0 Å². The third kappa shape index (κ3) is 5.75. The molecule has 0 aliphatic rings. The molecule has 0 spiro atoms. The maximum absolute atomic E-state index is 13.0. The molecule has 1 atom stereocenters. The number of alkyl halides is 2. The van der Waals surface area contributed by atoms with Crippen molar-refractivity contribution in [2.75, 3.05) is 6.61 Å². The number of nitrogens with zero attached hydrogens (tertiary/aromatic N) is 1. The molecule has 1 amide bonds. The van der Waals surface area contributed by atoms with Crippen molar-refractivity contribution in [3.8, 4) is 5.75 Å². The number of halogens is 3. The number of carbonyl (C=O) groups is 1. The van der Waals surface area contributed by atoms with Gasteiger partial charge in [0.05, 0.1) is 5.54 Å². The molecule has 1 unspecified atom stereocenters. The Morgan fingerprint density at radius 2 is 2.14 bits per heavy atom. The van der Waals surface area contributed by atoms with E-state index in [1.54, 1.807) is 6.92 Å². The molecule has 1 heterocycles. The van der Waals surface area contributed by atoms with Crippen molar-refractivity contribution in [3.63, 3.8) is 0 Å². The second-order valence-corrected chi connectivity index (χ2v) is 6.51. The molecule has 0 saturated carbocycles. The molecular formula is C14H19BrF2N2O3. The van der Waals surface area contributed by atoms with Crippen LogP contribution >= 0.6 is 15.9 Å². The average molecular weight is 381 g/mol. The Kier molecular flexibility index (Phi) is 6.52. The first-order valence-corrected chi connectivity index (χ1v) is 7.51. The lowest BCUT2D eigenvalue weighted by Crippen LogP contribution is -2.50. The van der Waals surface area contributed by atoms with Gasteiger partial charge in [0.2, 0.25) is 0 Å². The van der Waals surface area contributed by atoms with E-state index >= 15 is 0 Å². The summed E-state index contributed by atoms with van der Waals surface area (Å²) in [5, 5.41) is 11.3. The molecule has 1 aromatic heterocycles. The summed E-state index contributed by atoms with van der Waals surface area (Å²) >= 11 is 3.03.